The molecule has 4 rings (SSSR count). The minimum Gasteiger partial charge on any atom is -0.447 e. The summed E-state index contributed by atoms with van der Waals surface area (Å²) in [7, 11) is 0. The van der Waals surface area contributed by atoms with Crippen LogP contribution in [0.25, 0.3) is 0 Å². The zero-order valence-corrected chi connectivity index (χ0v) is 16.0. The topological polar surface area (TPSA) is 87.7 Å². The van der Waals surface area contributed by atoms with E-state index in [1.165, 1.54) is 17.7 Å². The molecule has 7 heteroatoms. The van der Waals surface area contributed by atoms with E-state index >= 15 is 0 Å². The molecule has 0 aromatic heterocycles. The number of rotatable bonds is 5. The molecule has 0 bridgehead atoms. The monoisotopic (exact) mass is 393 g/mol. The van der Waals surface area contributed by atoms with Gasteiger partial charge in [0.1, 0.15) is 6.61 Å². The number of carbonyl (C=O) groups is 3. The third-order valence-corrected chi connectivity index (χ3v) is 5.30. The highest BCUT2D eigenvalue weighted by atomic mass is 16.6. The Kier molecular flexibility index (Phi) is 5.46. The summed E-state index contributed by atoms with van der Waals surface area (Å²) in [6, 6.07) is 13.9. The van der Waals surface area contributed by atoms with Crippen molar-refractivity contribution in [3.63, 3.8) is 0 Å². The second-order valence-corrected chi connectivity index (χ2v) is 7.30. The quantitative estimate of drug-likeness (QED) is 0.813. The van der Waals surface area contributed by atoms with E-state index in [-0.39, 0.29) is 23.9 Å². The van der Waals surface area contributed by atoms with Gasteiger partial charge in [0.15, 0.2) is 0 Å². The van der Waals surface area contributed by atoms with Crippen LogP contribution in [0.4, 0.5) is 16.2 Å². The second kappa shape index (κ2) is 8.34. The normalized spacial score (nSPS) is 16.6. The second-order valence-electron chi connectivity index (χ2n) is 7.30. The van der Waals surface area contributed by atoms with Crippen LogP contribution < -0.4 is 15.5 Å². The Balaban J connectivity index is 1.35. The van der Waals surface area contributed by atoms with Crippen LogP contribution in [0.15, 0.2) is 48.5 Å². The Bertz CT molecular complexity index is 903. The maximum absolute atomic E-state index is 12.5. The molecule has 2 aliphatic rings. The van der Waals surface area contributed by atoms with Gasteiger partial charge in [-0.15, -0.1) is 0 Å². The molecule has 29 heavy (non-hydrogen) atoms. The lowest BCUT2D eigenvalue weighted by Gasteiger charge is -2.13. The molecule has 0 atom stereocenters. The van der Waals surface area contributed by atoms with E-state index in [9.17, 15) is 14.4 Å². The van der Waals surface area contributed by atoms with Gasteiger partial charge in [-0.05, 0) is 61.4 Å². The molecular weight excluding hydrogens is 370 g/mol. The first-order valence-electron chi connectivity index (χ1n) is 9.87. The van der Waals surface area contributed by atoms with Crippen LogP contribution in [0.2, 0.25) is 0 Å². The van der Waals surface area contributed by atoms with Crippen molar-refractivity contribution in [1.82, 2.24) is 5.32 Å². The van der Waals surface area contributed by atoms with Crippen molar-refractivity contribution in [3.8, 4) is 0 Å². The standard InChI is InChI=1S/C22H23N3O4/c26-20(23-17-3-1-2-4-17)15-5-9-18(10-6-15)24-21(27)16-7-11-19(12-8-16)25-13-14-29-22(25)28/h5-12,17H,1-4,13-14H2,(H,23,26)(H,24,27). The molecule has 0 unspecified atom stereocenters. The Morgan fingerprint density at radius 1 is 0.897 bits per heavy atom. The Labute approximate surface area is 169 Å². The summed E-state index contributed by atoms with van der Waals surface area (Å²) >= 11 is 0. The Hall–Kier alpha value is -3.35. The molecule has 1 saturated carbocycles. The van der Waals surface area contributed by atoms with Gasteiger partial charge in [0.2, 0.25) is 0 Å². The summed E-state index contributed by atoms with van der Waals surface area (Å²) in [4.78, 5) is 37.9. The molecule has 3 amide bonds. The fourth-order valence-electron chi connectivity index (χ4n) is 3.67. The van der Waals surface area contributed by atoms with Gasteiger partial charge in [0.05, 0.1) is 6.54 Å². The van der Waals surface area contributed by atoms with Crippen molar-refractivity contribution < 1.29 is 19.1 Å². The van der Waals surface area contributed by atoms with Crippen molar-refractivity contribution in [2.24, 2.45) is 0 Å². The number of hydrogen-bond donors (Lipinski definition) is 2. The van der Waals surface area contributed by atoms with E-state index in [4.69, 9.17) is 4.74 Å². The maximum Gasteiger partial charge on any atom is 0.414 e. The predicted molar refractivity (Wildman–Crippen MR) is 109 cm³/mol. The number of nitrogens with one attached hydrogen (secondary N) is 2. The minimum atomic E-state index is -0.376. The number of carbonyl (C=O) groups excluding carboxylic acids is 3. The van der Waals surface area contributed by atoms with Crippen LogP contribution in [0.3, 0.4) is 0 Å². The van der Waals surface area contributed by atoms with Crippen LogP contribution in [0.5, 0.6) is 0 Å². The zero-order chi connectivity index (χ0) is 20.2. The summed E-state index contributed by atoms with van der Waals surface area (Å²) < 4.78 is 4.92. The lowest BCUT2D eigenvalue weighted by atomic mass is 10.1. The van der Waals surface area contributed by atoms with E-state index in [0.717, 1.165) is 12.8 Å². The van der Waals surface area contributed by atoms with Gasteiger partial charge in [0, 0.05) is 28.5 Å². The van der Waals surface area contributed by atoms with Crippen LogP contribution in [-0.2, 0) is 4.74 Å². The lowest BCUT2D eigenvalue weighted by Crippen LogP contribution is -2.32. The molecule has 1 heterocycles. The molecule has 1 aliphatic heterocycles. The fraction of sp³-hybridized carbons (Fsp3) is 0.318. The highest BCUT2D eigenvalue weighted by Gasteiger charge is 2.23. The maximum atomic E-state index is 12.5. The van der Waals surface area contributed by atoms with Gasteiger partial charge in [-0.3, -0.25) is 14.5 Å². The van der Waals surface area contributed by atoms with E-state index in [2.05, 4.69) is 10.6 Å². The molecule has 1 aliphatic carbocycles. The number of nitrogens with zero attached hydrogens (tertiary/aromatic N) is 1. The van der Waals surface area contributed by atoms with Gasteiger partial charge in [-0.25, -0.2) is 4.79 Å². The predicted octanol–water partition coefficient (Wildman–Crippen LogP) is 3.57. The number of ether oxygens (including phenoxy) is 1. The first-order chi connectivity index (χ1) is 14.1. The largest absolute Gasteiger partial charge is 0.447 e. The average molecular weight is 393 g/mol. The van der Waals surface area contributed by atoms with Crippen molar-refractivity contribution in [2.45, 2.75) is 31.7 Å². The summed E-state index contributed by atoms with van der Waals surface area (Å²) in [6.07, 6.45) is 4.03. The summed E-state index contributed by atoms with van der Waals surface area (Å²) in [5.41, 5.74) is 2.36. The van der Waals surface area contributed by atoms with Crippen molar-refractivity contribution in [2.75, 3.05) is 23.4 Å². The van der Waals surface area contributed by atoms with E-state index in [0.29, 0.717) is 35.7 Å². The first kappa shape index (κ1) is 19.0. The van der Waals surface area contributed by atoms with Gasteiger partial charge in [-0.2, -0.15) is 0 Å². The van der Waals surface area contributed by atoms with Gasteiger partial charge >= 0.3 is 6.09 Å². The van der Waals surface area contributed by atoms with E-state index in [1.54, 1.807) is 48.5 Å². The SMILES string of the molecule is O=C(Nc1ccc(C(=O)NC2CCCC2)cc1)c1ccc(N2CCOC2=O)cc1. The van der Waals surface area contributed by atoms with E-state index < -0.39 is 0 Å². The van der Waals surface area contributed by atoms with Crippen molar-refractivity contribution in [3.05, 3.63) is 59.7 Å². The average Bonchev–Trinajstić information content (AvgIpc) is 3.40. The first-order valence-corrected chi connectivity index (χ1v) is 9.87. The summed E-state index contributed by atoms with van der Waals surface area (Å²) in [6.45, 7) is 0.876. The molecule has 0 spiro atoms. The number of benzene rings is 2. The number of amides is 3. The highest BCUT2D eigenvalue weighted by molar-refractivity contribution is 6.05. The number of cyclic esters (lactones) is 1. The number of hydrogen-bond acceptors (Lipinski definition) is 4. The molecule has 2 fully saturated rings. The molecule has 2 N–H and O–H groups in total. The van der Waals surface area contributed by atoms with Gasteiger partial charge in [-0.1, -0.05) is 12.8 Å². The van der Waals surface area contributed by atoms with Crippen molar-refractivity contribution in [1.29, 1.82) is 0 Å². The van der Waals surface area contributed by atoms with Crippen LogP contribution in [-0.4, -0.2) is 37.1 Å². The molecule has 7 nitrogen and oxygen atoms in total. The molecule has 2 aromatic carbocycles. The lowest BCUT2D eigenvalue weighted by molar-refractivity contribution is 0.0937. The third-order valence-electron chi connectivity index (χ3n) is 5.30. The van der Waals surface area contributed by atoms with Gasteiger partial charge < -0.3 is 15.4 Å². The van der Waals surface area contributed by atoms with Crippen LogP contribution in [0, 0.1) is 0 Å². The van der Waals surface area contributed by atoms with E-state index in [1.807, 2.05) is 0 Å². The highest BCUT2D eigenvalue weighted by Crippen LogP contribution is 2.21. The molecule has 150 valence electrons. The molecule has 2 aromatic rings. The molecular formula is C22H23N3O4. The number of anilines is 2. The molecule has 1 saturated heterocycles. The van der Waals surface area contributed by atoms with Gasteiger partial charge in [0.25, 0.3) is 11.8 Å². The minimum absolute atomic E-state index is 0.0780. The van der Waals surface area contributed by atoms with Crippen LogP contribution >= 0.6 is 0 Å². The Morgan fingerprint density at radius 2 is 1.52 bits per heavy atom. The summed E-state index contributed by atoms with van der Waals surface area (Å²) in [5.74, 6) is -0.338. The smallest absolute Gasteiger partial charge is 0.414 e. The Morgan fingerprint density at radius 3 is 2.14 bits per heavy atom. The van der Waals surface area contributed by atoms with Crippen molar-refractivity contribution >= 4 is 29.3 Å². The fourth-order valence-corrected chi connectivity index (χ4v) is 3.67. The zero-order valence-electron chi connectivity index (χ0n) is 16.0. The molecule has 0 radical (unpaired) electrons. The summed E-state index contributed by atoms with van der Waals surface area (Å²) in [5, 5.41) is 5.87. The third kappa shape index (κ3) is 4.39. The van der Waals surface area contributed by atoms with Crippen LogP contribution in [0.1, 0.15) is 46.4 Å².